The number of amides is 2. The first-order valence-corrected chi connectivity index (χ1v) is 14.2. The van der Waals surface area contributed by atoms with Crippen LogP contribution in [0.4, 0.5) is 23.4 Å². The molecule has 12 nitrogen and oxygen atoms in total. The number of nitrogens with two attached hydrogens (primary N) is 1. The van der Waals surface area contributed by atoms with E-state index >= 15 is 4.39 Å². The Kier molecular flexibility index (Phi) is 7.99. The van der Waals surface area contributed by atoms with E-state index in [0.717, 1.165) is 11.0 Å². The molecule has 3 N–H and O–H groups in total. The third kappa shape index (κ3) is 5.84. The number of pyridine rings is 2. The van der Waals surface area contributed by atoms with E-state index in [-0.39, 0.29) is 62.8 Å². The van der Waals surface area contributed by atoms with Gasteiger partial charge in [-0.15, -0.1) is 0 Å². The summed E-state index contributed by atoms with van der Waals surface area (Å²) in [6.07, 6.45) is 1.75. The largest absolute Gasteiger partial charge is 0.480 e. The molecular weight excluding hydrogens is 598 g/mol. The molecule has 6 rings (SSSR count). The SMILES string of the molecule is COc1nccc(-c2cc(CN3CCC(F)(F)CC3)c3c(N)ncnn23)c1C(=O)N[C@@H]1CN(C(=O)c2ncccc2F)C[C@@H]1F. The Morgan fingerprint density at radius 1 is 1.13 bits per heavy atom. The Hall–Kier alpha value is -4.86. The van der Waals surface area contributed by atoms with E-state index in [2.05, 4.69) is 25.4 Å². The molecule has 16 heteroatoms. The summed E-state index contributed by atoms with van der Waals surface area (Å²) >= 11 is 0. The lowest BCUT2D eigenvalue weighted by atomic mass is 10.0. The summed E-state index contributed by atoms with van der Waals surface area (Å²) in [6.45, 7) is 0.0521. The van der Waals surface area contributed by atoms with Crippen LogP contribution in [-0.4, -0.2) is 97.6 Å². The average molecular weight is 628 g/mol. The van der Waals surface area contributed by atoms with Crippen molar-refractivity contribution in [3.8, 4) is 17.1 Å². The second-order valence-corrected chi connectivity index (χ2v) is 11.0. The number of methoxy groups -OCH3 is 1. The molecule has 0 radical (unpaired) electrons. The van der Waals surface area contributed by atoms with Crippen LogP contribution in [-0.2, 0) is 6.54 Å². The fourth-order valence-corrected chi connectivity index (χ4v) is 5.77. The van der Waals surface area contributed by atoms with Crippen molar-refractivity contribution in [2.24, 2.45) is 0 Å². The van der Waals surface area contributed by atoms with Crippen molar-refractivity contribution < 1.29 is 31.9 Å². The van der Waals surface area contributed by atoms with Crippen molar-refractivity contribution in [3.05, 3.63) is 65.6 Å². The number of piperidine rings is 1. The molecule has 2 aliphatic heterocycles. The smallest absolute Gasteiger partial charge is 0.275 e. The molecular formula is C29H29F4N9O3. The molecule has 6 heterocycles. The maximum absolute atomic E-state index is 15.2. The average Bonchev–Trinajstić information content (AvgIpc) is 3.58. The number of halogens is 4. The van der Waals surface area contributed by atoms with Gasteiger partial charge in [-0.2, -0.15) is 5.10 Å². The molecule has 0 aliphatic carbocycles. The number of alkyl halides is 3. The lowest BCUT2D eigenvalue weighted by Gasteiger charge is -2.31. The van der Waals surface area contributed by atoms with Crippen molar-refractivity contribution in [1.29, 1.82) is 0 Å². The zero-order valence-corrected chi connectivity index (χ0v) is 24.1. The van der Waals surface area contributed by atoms with E-state index in [1.807, 2.05) is 4.90 Å². The first-order valence-electron chi connectivity index (χ1n) is 14.2. The van der Waals surface area contributed by atoms with Crippen LogP contribution in [0.3, 0.4) is 0 Å². The molecule has 2 saturated heterocycles. The van der Waals surface area contributed by atoms with E-state index in [4.69, 9.17) is 10.5 Å². The van der Waals surface area contributed by atoms with Gasteiger partial charge in [0.25, 0.3) is 17.7 Å². The predicted octanol–water partition coefficient (Wildman–Crippen LogP) is 2.74. The number of nitrogen functional groups attached to an aromatic ring is 1. The monoisotopic (exact) mass is 627 g/mol. The summed E-state index contributed by atoms with van der Waals surface area (Å²) in [5.74, 6) is -4.98. The number of hydrogen-bond donors (Lipinski definition) is 2. The third-order valence-corrected chi connectivity index (χ3v) is 8.07. The fourth-order valence-electron chi connectivity index (χ4n) is 5.77. The summed E-state index contributed by atoms with van der Waals surface area (Å²) in [6, 6.07) is 4.60. The van der Waals surface area contributed by atoms with Crippen LogP contribution < -0.4 is 15.8 Å². The number of nitrogens with one attached hydrogen (secondary N) is 1. The molecule has 0 saturated carbocycles. The molecule has 2 amide bonds. The summed E-state index contributed by atoms with van der Waals surface area (Å²) < 4.78 is 63.8. The molecule has 45 heavy (non-hydrogen) atoms. The number of likely N-dealkylation sites (tertiary alicyclic amines) is 2. The van der Waals surface area contributed by atoms with Crippen molar-refractivity contribution in [3.63, 3.8) is 0 Å². The topological polar surface area (TPSA) is 144 Å². The van der Waals surface area contributed by atoms with Gasteiger partial charge in [-0.3, -0.25) is 14.5 Å². The number of aromatic nitrogens is 5. The lowest BCUT2D eigenvalue weighted by molar-refractivity contribution is -0.0565. The molecule has 0 bridgehead atoms. The van der Waals surface area contributed by atoms with Crippen molar-refractivity contribution in [2.45, 2.75) is 37.5 Å². The molecule has 236 valence electrons. The predicted molar refractivity (Wildman–Crippen MR) is 153 cm³/mol. The Labute approximate surface area is 254 Å². The number of hydrogen-bond acceptors (Lipinski definition) is 9. The highest BCUT2D eigenvalue weighted by Crippen LogP contribution is 2.35. The van der Waals surface area contributed by atoms with Gasteiger partial charge in [-0.1, -0.05) is 0 Å². The lowest BCUT2D eigenvalue weighted by Crippen LogP contribution is -2.42. The highest BCUT2D eigenvalue weighted by molar-refractivity contribution is 6.03. The molecule has 0 spiro atoms. The molecule has 2 fully saturated rings. The highest BCUT2D eigenvalue weighted by atomic mass is 19.3. The van der Waals surface area contributed by atoms with Crippen LogP contribution in [0.5, 0.6) is 5.88 Å². The molecule has 2 atom stereocenters. The van der Waals surface area contributed by atoms with Gasteiger partial charge >= 0.3 is 0 Å². The minimum atomic E-state index is -2.71. The number of ether oxygens (including phenoxy) is 1. The Balaban J connectivity index is 1.31. The van der Waals surface area contributed by atoms with Crippen LogP contribution in [0.2, 0.25) is 0 Å². The molecule has 2 aliphatic rings. The molecule has 4 aromatic rings. The maximum Gasteiger partial charge on any atom is 0.275 e. The summed E-state index contributed by atoms with van der Waals surface area (Å²) in [5, 5.41) is 6.98. The van der Waals surface area contributed by atoms with Gasteiger partial charge in [0.05, 0.1) is 25.4 Å². The number of fused-ring (bicyclic) bond motifs is 1. The third-order valence-electron chi connectivity index (χ3n) is 8.07. The van der Waals surface area contributed by atoms with Gasteiger partial charge in [0.2, 0.25) is 5.88 Å². The number of nitrogens with zero attached hydrogens (tertiary/aromatic N) is 7. The first-order chi connectivity index (χ1) is 21.6. The van der Waals surface area contributed by atoms with Crippen molar-refractivity contribution in [1.82, 2.24) is 39.7 Å². The minimum absolute atomic E-state index is 0.0338. The van der Waals surface area contributed by atoms with Crippen LogP contribution >= 0.6 is 0 Å². The second kappa shape index (κ2) is 11.9. The van der Waals surface area contributed by atoms with Crippen LogP contribution in [0.15, 0.2) is 43.0 Å². The van der Waals surface area contributed by atoms with Gasteiger partial charge < -0.3 is 20.7 Å². The van der Waals surface area contributed by atoms with Crippen molar-refractivity contribution in [2.75, 3.05) is 39.0 Å². The van der Waals surface area contributed by atoms with Crippen molar-refractivity contribution >= 4 is 23.1 Å². The van der Waals surface area contributed by atoms with E-state index in [9.17, 15) is 22.8 Å². The summed E-state index contributed by atoms with van der Waals surface area (Å²) in [4.78, 5) is 41.6. The van der Waals surface area contributed by atoms with Gasteiger partial charge in [0.1, 0.15) is 23.6 Å². The molecule has 0 aromatic carbocycles. The Bertz CT molecular complexity index is 1760. The van der Waals surface area contributed by atoms with E-state index in [1.54, 1.807) is 12.1 Å². The van der Waals surface area contributed by atoms with Gasteiger partial charge in [-0.25, -0.2) is 37.0 Å². The number of carbonyl (C=O) groups excluding carboxylic acids is 2. The number of rotatable bonds is 7. The van der Waals surface area contributed by atoms with E-state index in [0.29, 0.717) is 22.3 Å². The first kappa shape index (κ1) is 30.2. The zero-order chi connectivity index (χ0) is 31.9. The van der Waals surface area contributed by atoms with E-state index < -0.39 is 41.5 Å². The highest BCUT2D eigenvalue weighted by Gasteiger charge is 2.39. The number of carbonyl (C=O) groups is 2. The zero-order valence-electron chi connectivity index (χ0n) is 24.1. The van der Waals surface area contributed by atoms with Crippen LogP contribution in [0, 0.1) is 5.82 Å². The standard InChI is InChI=1S/C29H29F4N9O3/c1-45-27-22(26(43)39-20-14-41(13-19(20)31)28(44)23-18(30)3-2-7-35-23)17(4-8-36-27)21-11-16(24-25(34)37-15-38-42(21)24)12-40-9-5-29(32,33)6-10-40/h2-4,7-8,11,15,19-20H,5-6,9-10,12-14H2,1H3,(H,39,43)(H2,34,37,38)/t19-,20+/m0/s1. The maximum atomic E-state index is 15.2. The molecule has 4 aromatic heterocycles. The van der Waals surface area contributed by atoms with Crippen LogP contribution in [0.1, 0.15) is 39.3 Å². The fraction of sp³-hybridized carbons (Fsp3) is 0.379. The van der Waals surface area contributed by atoms with Crippen LogP contribution in [0.25, 0.3) is 16.8 Å². The van der Waals surface area contributed by atoms with Gasteiger partial charge in [0, 0.05) is 57.0 Å². The van der Waals surface area contributed by atoms with Gasteiger partial charge in [-0.05, 0) is 29.8 Å². The van der Waals surface area contributed by atoms with Gasteiger partial charge in [0.15, 0.2) is 17.3 Å². The Morgan fingerprint density at radius 2 is 1.91 bits per heavy atom. The van der Waals surface area contributed by atoms with E-state index in [1.165, 1.54) is 36.4 Å². The summed E-state index contributed by atoms with van der Waals surface area (Å²) in [7, 11) is 1.33. The summed E-state index contributed by atoms with van der Waals surface area (Å²) in [5.41, 5.74) is 7.60. The quantitative estimate of drug-likeness (QED) is 0.296. The minimum Gasteiger partial charge on any atom is -0.480 e. The number of anilines is 1. The second-order valence-electron chi connectivity index (χ2n) is 11.0. The Morgan fingerprint density at radius 3 is 2.64 bits per heavy atom. The molecule has 0 unspecified atom stereocenters. The normalized spacial score (nSPS) is 20.0.